The summed E-state index contributed by atoms with van der Waals surface area (Å²) in [5, 5.41) is 3.20. The van der Waals surface area contributed by atoms with Gasteiger partial charge in [-0.15, -0.1) is 0 Å². The van der Waals surface area contributed by atoms with E-state index in [0.29, 0.717) is 5.92 Å². The van der Waals surface area contributed by atoms with Crippen molar-refractivity contribution in [1.82, 2.24) is 5.32 Å². The Balaban J connectivity index is 1.84. The van der Waals surface area contributed by atoms with Crippen molar-refractivity contribution in [2.45, 2.75) is 31.0 Å². The largest absolute Gasteiger partial charge is 0.368 e. The predicted molar refractivity (Wildman–Crippen MR) is 84.5 cm³/mol. The van der Waals surface area contributed by atoms with E-state index < -0.39 is 0 Å². The van der Waals surface area contributed by atoms with Crippen molar-refractivity contribution in [1.29, 1.82) is 0 Å². The molecular formula is C19H20FNO. The molecule has 0 bridgehead atoms. The van der Waals surface area contributed by atoms with Gasteiger partial charge in [0.15, 0.2) is 0 Å². The van der Waals surface area contributed by atoms with Crippen LogP contribution in [0, 0.1) is 5.82 Å². The number of ether oxygens (including phenoxy) is 1. The zero-order valence-electron chi connectivity index (χ0n) is 12.7. The fourth-order valence-electron chi connectivity index (χ4n) is 3.96. The lowest BCUT2D eigenvalue weighted by Crippen LogP contribution is -2.23. The molecule has 0 spiro atoms. The van der Waals surface area contributed by atoms with E-state index in [0.717, 1.165) is 24.9 Å². The maximum atomic E-state index is 13.8. The molecule has 0 saturated carbocycles. The van der Waals surface area contributed by atoms with Gasteiger partial charge in [0.25, 0.3) is 0 Å². The topological polar surface area (TPSA) is 21.3 Å². The molecule has 2 nitrogen and oxygen atoms in total. The maximum absolute atomic E-state index is 13.8. The summed E-state index contributed by atoms with van der Waals surface area (Å²) in [5.41, 5.74) is 4.92. The maximum Gasteiger partial charge on any atom is 0.123 e. The van der Waals surface area contributed by atoms with Crippen molar-refractivity contribution in [3.05, 3.63) is 70.5 Å². The second-order valence-corrected chi connectivity index (χ2v) is 6.30. The summed E-state index contributed by atoms with van der Waals surface area (Å²) < 4.78 is 20.1. The zero-order chi connectivity index (χ0) is 15.1. The number of likely N-dealkylation sites (N-methyl/N-ethyl adjacent to an activating group) is 1. The number of halogens is 1. The van der Waals surface area contributed by atoms with Crippen LogP contribution in [-0.2, 0) is 11.2 Å². The molecule has 1 heterocycles. The first-order chi connectivity index (χ1) is 10.8. The highest BCUT2D eigenvalue weighted by molar-refractivity contribution is 5.45. The molecule has 3 heteroatoms. The molecule has 2 aliphatic rings. The van der Waals surface area contributed by atoms with Gasteiger partial charge in [-0.3, -0.25) is 0 Å². The summed E-state index contributed by atoms with van der Waals surface area (Å²) in [6, 6.07) is 13.7. The minimum absolute atomic E-state index is 0.0345. The zero-order valence-corrected chi connectivity index (χ0v) is 12.7. The summed E-state index contributed by atoms with van der Waals surface area (Å²) in [4.78, 5) is 0. The van der Waals surface area contributed by atoms with E-state index in [1.54, 1.807) is 12.1 Å². The van der Waals surface area contributed by atoms with E-state index >= 15 is 0 Å². The Kier molecular flexibility index (Phi) is 3.47. The molecule has 0 unspecified atom stereocenters. The van der Waals surface area contributed by atoms with Crippen LogP contribution < -0.4 is 5.32 Å². The normalized spacial score (nSPS) is 26.0. The number of hydrogen-bond acceptors (Lipinski definition) is 2. The lowest BCUT2D eigenvalue weighted by molar-refractivity contribution is 0.0417. The predicted octanol–water partition coefficient (Wildman–Crippen LogP) is 3.56. The fraction of sp³-hybridized carbons (Fsp3) is 0.368. The Labute approximate surface area is 130 Å². The summed E-state index contributed by atoms with van der Waals surface area (Å²) >= 11 is 0. The minimum Gasteiger partial charge on any atom is -0.368 e. The molecule has 22 heavy (non-hydrogen) atoms. The first-order valence-electron chi connectivity index (χ1n) is 7.92. The summed E-state index contributed by atoms with van der Waals surface area (Å²) in [7, 11) is 1.94. The number of hydrogen-bond donors (Lipinski definition) is 1. The first kappa shape index (κ1) is 13.9. The molecule has 0 amide bonds. The second kappa shape index (κ2) is 5.49. The molecule has 0 aromatic heterocycles. The number of fused-ring (bicyclic) bond motifs is 5. The van der Waals surface area contributed by atoms with Crippen LogP contribution in [0.5, 0.6) is 0 Å². The molecule has 2 aromatic rings. The van der Waals surface area contributed by atoms with Crippen LogP contribution in [0.1, 0.15) is 40.7 Å². The Bertz CT molecular complexity index is 700. The molecular weight excluding hydrogens is 277 g/mol. The highest BCUT2D eigenvalue weighted by Gasteiger charge is 2.40. The SMILES string of the molecule is CNC[C@@H]1C[C@@H]2c3ccccc3Cc3ccc(F)cc3[C@@H]2O1. The molecule has 1 aliphatic carbocycles. The molecule has 1 N–H and O–H groups in total. The second-order valence-electron chi connectivity index (χ2n) is 6.30. The van der Waals surface area contributed by atoms with Crippen molar-refractivity contribution < 1.29 is 9.13 Å². The van der Waals surface area contributed by atoms with E-state index in [1.807, 2.05) is 13.1 Å². The standard InChI is InChI=1S/C19H20FNO/c1-21-11-15-10-18-16-5-3-2-4-12(16)8-13-6-7-14(20)9-17(13)19(18)22-15/h2-7,9,15,18-19,21H,8,10-11H2,1H3/t15-,18+,19-/m0/s1. The van der Waals surface area contributed by atoms with Crippen LogP contribution >= 0.6 is 0 Å². The fourth-order valence-corrected chi connectivity index (χ4v) is 3.96. The van der Waals surface area contributed by atoms with Gasteiger partial charge in [-0.1, -0.05) is 30.3 Å². The van der Waals surface area contributed by atoms with E-state index in [9.17, 15) is 4.39 Å². The lowest BCUT2D eigenvalue weighted by atomic mass is 9.87. The quantitative estimate of drug-likeness (QED) is 0.915. The molecule has 1 fully saturated rings. The Morgan fingerprint density at radius 3 is 2.82 bits per heavy atom. The number of rotatable bonds is 2. The van der Waals surface area contributed by atoms with Gasteiger partial charge in [0.1, 0.15) is 5.82 Å². The Morgan fingerprint density at radius 1 is 1.14 bits per heavy atom. The summed E-state index contributed by atoms with van der Waals surface area (Å²) in [6.45, 7) is 0.833. The van der Waals surface area contributed by atoms with Gasteiger partial charge in [-0.2, -0.15) is 0 Å². The Morgan fingerprint density at radius 2 is 1.95 bits per heavy atom. The lowest BCUT2D eigenvalue weighted by Gasteiger charge is -2.19. The molecule has 0 radical (unpaired) electrons. The average molecular weight is 297 g/mol. The van der Waals surface area contributed by atoms with E-state index in [-0.39, 0.29) is 18.0 Å². The highest BCUT2D eigenvalue weighted by atomic mass is 19.1. The van der Waals surface area contributed by atoms with Crippen molar-refractivity contribution in [3.8, 4) is 0 Å². The Hall–Kier alpha value is -1.71. The van der Waals surface area contributed by atoms with Gasteiger partial charge in [0, 0.05) is 12.5 Å². The van der Waals surface area contributed by atoms with Crippen LogP contribution in [0.4, 0.5) is 4.39 Å². The van der Waals surface area contributed by atoms with Gasteiger partial charge < -0.3 is 10.1 Å². The van der Waals surface area contributed by atoms with Crippen molar-refractivity contribution in [2.75, 3.05) is 13.6 Å². The highest BCUT2D eigenvalue weighted by Crippen LogP contribution is 2.49. The van der Waals surface area contributed by atoms with Crippen molar-refractivity contribution in [3.63, 3.8) is 0 Å². The third-order valence-electron chi connectivity index (χ3n) is 4.90. The van der Waals surface area contributed by atoms with Crippen molar-refractivity contribution >= 4 is 0 Å². The molecule has 114 valence electrons. The third kappa shape index (κ3) is 2.25. The molecule has 1 saturated heterocycles. The van der Waals surface area contributed by atoms with Gasteiger partial charge in [0.2, 0.25) is 0 Å². The smallest absolute Gasteiger partial charge is 0.123 e. The first-order valence-corrected chi connectivity index (χ1v) is 7.92. The molecule has 1 aliphatic heterocycles. The van der Waals surface area contributed by atoms with Gasteiger partial charge in [-0.05, 0) is 54.3 Å². The van der Waals surface area contributed by atoms with E-state index in [1.165, 1.54) is 16.7 Å². The third-order valence-corrected chi connectivity index (χ3v) is 4.90. The van der Waals surface area contributed by atoms with Gasteiger partial charge >= 0.3 is 0 Å². The van der Waals surface area contributed by atoms with E-state index in [2.05, 4.69) is 29.6 Å². The monoisotopic (exact) mass is 297 g/mol. The van der Waals surface area contributed by atoms with Crippen LogP contribution in [0.3, 0.4) is 0 Å². The van der Waals surface area contributed by atoms with Crippen LogP contribution in [0.2, 0.25) is 0 Å². The molecule has 2 aromatic carbocycles. The number of benzene rings is 2. The van der Waals surface area contributed by atoms with E-state index in [4.69, 9.17) is 4.74 Å². The van der Waals surface area contributed by atoms with Gasteiger partial charge in [-0.25, -0.2) is 4.39 Å². The van der Waals surface area contributed by atoms with Crippen LogP contribution in [0.15, 0.2) is 42.5 Å². The van der Waals surface area contributed by atoms with Crippen molar-refractivity contribution in [2.24, 2.45) is 0 Å². The number of nitrogens with one attached hydrogen (secondary N) is 1. The van der Waals surface area contributed by atoms with Crippen LogP contribution in [-0.4, -0.2) is 19.7 Å². The van der Waals surface area contributed by atoms with Gasteiger partial charge in [0.05, 0.1) is 12.2 Å². The average Bonchev–Trinajstić information content (AvgIpc) is 2.89. The summed E-state index contributed by atoms with van der Waals surface area (Å²) in [6.07, 6.45) is 1.99. The molecule has 4 rings (SSSR count). The van der Waals surface area contributed by atoms with Crippen LogP contribution in [0.25, 0.3) is 0 Å². The molecule has 3 atom stereocenters. The summed E-state index contributed by atoms with van der Waals surface area (Å²) in [5.74, 6) is 0.140. The minimum atomic E-state index is -0.177.